The van der Waals surface area contributed by atoms with Crippen LogP contribution in [-0.4, -0.2) is 59.0 Å². The van der Waals surface area contributed by atoms with Gasteiger partial charge in [-0.25, -0.2) is 14.4 Å². The number of carbonyl (C=O) groups excluding carboxylic acids is 3. The van der Waals surface area contributed by atoms with E-state index >= 15 is 0 Å². The minimum Gasteiger partial charge on any atom is -0.392 e. The second kappa shape index (κ2) is 10.1. The minimum absolute atomic E-state index is 0.317. The van der Waals surface area contributed by atoms with Gasteiger partial charge in [0.05, 0.1) is 25.4 Å². The Hall–Kier alpha value is -2.75. The van der Waals surface area contributed by atoms with Crippen molar-refractivity contribution in [2.24, 2.45) is 0 Å². The molecule has 0 amide bonds. The molecule has 0 unspecified atom stereocenters. The van der Waals surface area contributed by atoms with E-state index in [1.807, 2.05) is 0 Å². The molecule has 9 heteroatoms. The molecule has 0 aromatic heterocycles. The van der Waals surface area contributed by atoms with Gasteiger partial charge in [0.15, 0.2) is 0 Å². The number of esters is 3. The van der Waals surface area contributed by atoms with Crippen LogP contribution < -0.4 is 0 Å². The normalized spacial score (nSPS) is 10.1. The fourth-order valence-corrected chi connectivity index (χ4v) is 1.44. The average Bonchev–Trinajstić information content (AvgIpc) is 2.58. The van der Waals surface area contributed by atoms with Gasteiger partial charge in [-0.2, -0.15) is 0 Å². The first-order chi connectivity index (χ1) is 11.3. The van der Waals surface area contributed by atoms with Crippen molar-refractivity contribution in [1.29, 1.82) is 0 Å². The summed E-state index contributed by atoms with van der Waals surface area (Å²) in [6.45, 7) is 6.77. The van der Waals surface area contributed by atoms with E-state index in [4.69, 9.17) is 14.2 Å². The first-order valence-corrected chi connectivity index (χ1v) is 6.44. The van der Waals surface area contributed by atoms with Crippen LogP contribution in [0.5, 0.6) is 0 Å². The van der Waals surface area contributed by atoms with Crippen molar-refractivity contribution in [1.82, 2.24) is 0 Å². The van der Waals surface area contributed by atoms with Gasteiger partial charge in [-0.1, -0.05) is 19.7 Å². The van der Waals surface area contributed by atoms with Crippen LogP contribution in [0.15, 0.2) is 49.1 Å². The predicted octanol–water partition coefficient (Wildman–Crippen LogP) is -0.899. The summed E-state index contributed by atoms with van der Waals surface area (Å²) in [6.07, 6.45) is 2.01. The molecule has 9 nitrogen and oxygen atoms in total. The lowest BCUT2D eigenvalue weighted by molar-refractivity contribution is -0.305. The maximum absolute atomic E-state index is 11.6. The van der Waals surface area contributed by atoms with E-state index in [0.29, 0.717) is 18.2 Å². The second-order valence-corrected chi connectivity index (χ2v) is 3.99. The topological polar surface area (TPSA) is 140 Å². The molecule has 0 fully saturated rings. The number of carbonyl (C=O) groups is 3. The van der Waals surface area contributed by atoms with Gasteiger partial charge >= 0.3 is 23.9 Å². The van der Waals surface area contributed by atoms with E-state index in [9.17, 15) is 29.7 Å². The van der Waals surface area contributed by atoms with Gasteiger partial charge in [-0.3, -0.25) is 0 Å². The molecule has 0 heterocycles. The predicted molar refractivity (Wildman–Crippen MR) is 79.9 cm³/mol. The van der Waals surface area contributed by atoms with Gasteiger partial charge in [-0.05, 0) is 5.57 Å². The zero-order chi connectivity index (χ0) is 18.8. The highest BCUT2D eigenvalue weighted by Gasteiger charge is 2.48. The van der Waals surface area contributed by atoms with E-state index in [1.165, 1.54) is 0 Å². The molecular weight excluding hydrogens is 324 g/mol. The molecular formula is C15H18O9. The van der Waals surface area contributed by atoms with Crippen molar-refractivity contribution in [3.8, 4) is 0 Å². The smallest absolute Gasteiger partial charge is 0.392 e. The van der Waals surface area contributed by atoms with E-state index in [-0.39, 0.29) is 5.57 Å². The molecule has 0 aliphatic carbocycles. The van der Waals surface area contributed by atoms with Crippen LogP contribution in [0.3, 0.4) is 0 Å². The van der Waals surface area contributed by atoms with Gasteiger partial charge in [0.25, 0.3) is 0 Å². The third-order valence-electron chi connectivity index (χ3n) is 2.54. The summed E-state index contributed by atoms with van der Waals surface area (Å²) in [5, 5.41) is 28.0. The summed E-state index contributed by atoms with van der Waals surface area (Å²) in [5.41, 5.74) is -0.892. The van der Waals surface area contributed by atoms with Crippen molar-refractivity contribution in [2.45, 2.75) is 5.97 Å². The molecule has 132 valence electrons. The lowest BCUT2D eigenvalue weighted by Gasteiger charge is -2.32. The van der Waals surface area contributed by atoms with Crippen molar-refractivity contribution in [3.05, 3.63) is 49.1 Å². The SMILES string of the molecule is C=CC(=O)OC(OC(=O)C=C)(OC(=O)C=C)C(CO)=C(CO)CO. The summed E-state index contributed by atoms with van der Waals surface area (Å²) >= 11 is 0. The Labute approximate surface area is 137 Å². The third-order valence-corrected chi connectivity index (χ3v) is 2.54. The summed E-state index contributed by atoms with van der Waals surface area (Å²) in [4.78, 5) is 34.7. The van der Waals surface area contributed by atoms with Gasteiger partial charge in [0.2, 0.25) is 0 Å². The molecule has 0 rings (SSSR count). The number of hydrogen-bond donors (Lipinski definition) is 3. The number of rotatable bonds is 10. The largest absolute Gasteiger partial charge is 0.452 e. The first-order valence-electron chi connectivity index (χ1n) is 6.44. The van der Waals surface area contributed by atoms with Crippen LogP contribution >= 0.6 is 0 Å². The van der Waals surface area contributed by atoms with Crippen molar-refractivity contribution in [3.63, 3.8) is 0 Å². The van der Waals surface area contributed by atoms with Gasteiger partial charge in [0, 0.05) is 18.2 Å². The highest BCUT2D eigenvalue weighted by Crippen LogP contribution is 2.29. The monoisotopic (exact) mass is 342 g/mol. The fourth-order valence-electron chi connectivity index (χ4n) is 1.44. The Morgan fingerprint density at radius 1 is 0.750 bits per heavy atom. The maximum Gasteiger partial charge on any atom is 0.452 e. The quantitative estimate of drug-likeness (QED) is 0.199. The molecule has 0 aromatic carbocycles. The fraction of sp³-hybridized carbons (Fsp3) is 0.267. The highest BCUT2D eigenvalue weighted by molar-refractivity contribution is 5.85. The van der Waals surface area contributed by atoms with Crippen LogP contribution in [0, 0.1) is 0 Å². The molecule has 0 radical (unpaired) electrons. The van der Waals surface area contributed by atoms with Gasteiger partial charge in [-0.15, -0.1) is 0 Å². The van der Waals surface area contributed by atoms with Crippen LogP contribution in [0.4, 0.5) is 0 Å². The van der Waals surface area contributed by atoms with Crippen LogP contribution in [0.1, 0.15) is 0 Å². The zero-order valence-corrected chi connectivity index (χ0v) is 12.8. The zero-order valence-electron chi connectivity index (χ0n) is 12.8. The molecule has 0 saturated heterocycles. The summed E-state index contributed by atoms with van der Waals surface area (Å²) in [5.74, 6) is -6.46. The van der Waals surface area contributed by atoms with Crippen molar-refractivity contribution < 1.29 is 43.9 Å². The number of aliphatic hydroxyl groups excluding tert-OH is 3. The molecule has 0 spiro atoms. The maximum atomic E-state index is 11.6. The third kappa shape index (κ3) is 5.47. The summed E-state index contributed by atoms with van der Waals surface area (Å²) < 4.78 is 14.4. The average molecular weight is 342 g/mol. The van der Waals surface area contributed by atoms with Gasteiger partial charge in [0.1, 0.15) is 0 Å². The van der Waals surface area contributed by atoms with Crippen LogP contribution in [0.2, 0.25) is 0 Å². The molecule has 0 saturated carbocycles. The number of aliphatic hydroxyl groups is 3. The lowest BCUT2D eigenvalue weighted by atomic mass is 10.1. The van der Waals surface area contributed by atoms with E-state index in [0.717, 1.165) is 0 Å². The molecule has 0 atom stereocenters. The molecule has 0 aliphatic rings. The first kappa shape index (κ1) is 21.2. The number of hydrogen-bond acceptors (Lipinski definition) is 9. The van der Waals surface area contributed by atoms with E-state index in [1.54, 1.807) is 0 Å². The lowest BCUT2D eigenvalue weighted by Crippen LogP contribution is -2.47. The van der Waals surface area contributed by atoms with Crippen LogP contribution in [-0.2, 0) is 28.6 Å². The second-order valence-electron chi connectivity index (χ2n) is 3.99. The van der Waals surface area contributed by atoms with E-state index < -0.39 is 49.3 Å². The van der Waals surface area contributed by atoms with Crippen molar-refractivity contribution >= 4 is 17.9 Å². The summed E-state index contributed by atoms with van der Waals surface area (Å²) in [7, 11) is 0. The molecule has 0 aliphatic heterocycles. The number of ether oxygens (including phenoxy) is 3. The Bertz CT molecular complexity index is 498. The van der Waals surface area contributed by atoms with Crippen molar-refractivity contribution in [2.75, 3.05) is 19.8 Å². The Morgan fingerprint density at radius 3 is 1.29 bits per heavy atom. The van der Waals surface area contributed by atoms with Gasteiger partial charge < -0.3 is 29.5 Å². The highest BCUT2D eigenvalue weighted by atomic mass is 16.9. The molecule has 24 heavy (non-hydrogen) atoms. The Balaban J connectivity index is 6.44. The van der Waals surface area contributed by atoms with Crippen LogP contribution in [0.25, 0.3) is 0 Å². The minimum atomic E-state index is -2.89. The molecule has 0 bridgehead atoms. The standard InChI is InChI=1S/C15H18O9/c1-4-12(19)22-15(23-13(20)5-2,24-14(21)6-3)11(9-18)10(7-16)8-17/h4-6,16-18H,1-3,7-9H2. The Morgan fingerprint density at radius 2 is 1.08 bits per heavy atom. The Kier molecular flexibility index (Phi) is 8.95. The summed E-state index contributed by atoms with van der Waals surface area (Å²) in [6, 6.07) is 0. The molecule has 3 N–H and O–H groups in total. The molecule has 0 aromatic rings. The van der Waals surface area contributed by atoms with E-state index in [2.05, 4.69) is 19.7 Å².